The molecule has 1 aliphatic rings. The molecule has 1 saturated carbocycles. The summed E-state index contributed by atoms with van der Waals surface area (Å²) >= 11 is 0. The average molecular weight is 261 g/mol. The fourth-order valence-electron chi connectivity index (χ4n) is 3.25. The number of aliphatic hydroxyl groups excluding tert-OH is 1. The van der Waals surface area contributed by atoms with Crippen LogP contribution in [0.5, 0.6) is 0 Å². The lowest BCUT2D eigenvalue weighted by Crippen LogP contribution is -2.39. The van der Waals surface area contributed by atoms with E-state index in [1.165, 1.54) is 24.9 Å². The van der Waals surface area contributed by atoms with Crippen molar-refractivity contribution < 1.29 is 5.11 Å². The van der Waals surface area contributed by atoms with Crippen LogP contribution in [0.3, 0.4) is 0 Å². The van der Waals surface area contributed by atoms with Gasteiger partial charge in [0.25, 0.3) is 0 Å². The van der Waals surface area contributed by atoms with Crippen LogP contribution in [-0.4, -0.2) is 24.3 Å². The van der Waals surface area contributed by atoms with Gasteiger partial charge in [0.1, 0.15) is 0 Å². The largest absolute Gasteiger partial charge is 0.393 e. The van der Waals surface area contributed by atoms with Gasteiger partial charge >= 0.3 is 0 Å². The standard InChI is InChI=1S/C17H27NO/c1-3-14-10-11-17(19)15(12-14)13-18(4-2)16-8-6-5-7-9-16/h5-9,14-15,17,19H,3-4,10-13H2,1-2H3. The minimum Gasteiger partial charge on any atom is -0.393 e. The summed E-state index contributed by atoms with van der Waals surface area (Å²) in [6, 6.07) is 10.6. The maximum Gasteiger partial charge on any atom is 0.0585 e. The van der Waals surface area contributed by atoms with E-state index in [1.54, 1.807) is 0 Å². The average Bonchev–Trinajstić information content (AvgIpc) is 2.47. The summed E-state index contributed by atoms with van der Waals surface area (Å²) in [5, 5.41) is 10.2. The van der Waals surface area contributed by atoms with Crippen LogP contribution in [0.25, 0.3) is 0 Å². The molecule has 106 valence electrons. The zero-order valence-corrected chi connectivity index (χ0v) is 12.3. The molecule has 2 rings (SSSR count). The lowest BCUT2D eigenvalue weighted by molar-refractivity contribution is 0.0507. The molecule has 0 aromatic heterocycles. The van der Waals surface area contributed by atoms with Gasteiger partial charge in [0.05, 0.1) is 6.10 Å². The van der Waals surface area contributed by atoms with Gasteiger partial charge < -0.3 is 10.0 Å². The number of hydrogen-bond acceptors (Lipinski definition) is 2. The number of anilines is 1. The smallest absolute Gasteiger partial charge is 0.0585 e. The Hall–Kier alpha value is -1.02. The van der Waals surface area contributed by atoms with E-state index in [0.717, 1.165) is 25.4 Å². The molecule has 1 aliphatic carbocycles. The Balaban J connectivity index is 2.01. The van der Waals surface area contributed by atoms with Crippen LogP contribution >= 0.6 is 0 Å². The topological polar surface area (TPSA) is 23.5 Å². The number of aliphatic hydroxyl groups is 1. The van der Waals surface area contributed by atoms with Gasteiger partial charge in [-0.2, -0.15) is 0 Å². The first-order chi connectivity index (χ1) is 9.24. The number of rotatable bonds is 5. The van der Waals surface area contributed by atoms with Crippen molar-refractivity contribution in [2.45, 2.75) is 45.6 Å². The highest BCUT2D eigenvalue weighted by Crippen LogP contribution is 2.32. The van der Waals surface area contributed by atoms with E-state index in [9.17, 15) is 5.11 Å². The summed E-state index contributed by atoms with van der Waals surface area (Å²) in [6.45, 7) is 6.45. The maximum absolute atomic E-state index is 10.2. The third-order valence-electron chi connectivity index (χ3n) is 4.59. The summed E-state index contributed by atoms with van der Waals surface area (Å²) < 4.78 is 0. The first kappa shape index (κ1) is 14.4. The van der Waals surface area contributed by atoms with Gasteiger partial charge in [0.2, 0.25) is 0 Å². The molecule has 1 N–H and O–H groups in total. The number of para-hydroxylation sites is 1. The van der Waals surface area contributed by atoms with Crippen molar-refractivity contribution in [1.29, 1.82) is 0 Å². The Bertz CT molecular complexity index is 365. The van der Waals surface area contributed by atoms with Gasteiger partial charge in [-0.15, -0.1) is 0 Å². The monoisotopic (exact) mass is 261 g/mol. The molecule has 0 radical (unpaired) electrons. The SMILES string of the molecule is CCC1CCC(O)C(CN(CC)c2ccccc2)C1. The van der Waals surface area contributed by atoms with Crippen LogP contribution < -0.4 is 4.90 Å². The second-order valence-electron chi connectivity index (χ2n) is 5.79. The molecule has 2 heteroatoms. The van der Waals surface area contributed by atoms with Crippen LogP contribution in [0.1, 0.15) is 39.5 Å². The molecule has 0 saturated heterocycles. The second-order valence-corrected chi connectivity index (χ2v) is 5.79. The highest BCUT2D eigenvalue weighted by atomic mass is 16.3. The third-order valence-corrected chi connectivity index (χ3v) is 4.59. The van der Waals surface area contributed by atoms with E-state index in [-0.39, 0.29) is 6.10 Å². The van der Waals surface area contributed by atoms with Crippen LogP contribution in [-0.2, 0) is 0 Å². The van der Waals surface area contributed by atoms with Gasteiger partial charge in [-0.3, -0.25) is 0 Å². The highest BCUT2D eigenvalue weighted by molar-refractivity contribution is 5.45. The number of hydrogen-bond donors (Lipinski definition) is 1. The Morgan fingerprint density at radius 1 is 1.16 bits per heavy atom. The number of benzene rings is 1. The predicted molar refractivity (Wildman–Crippen MR) is 81.5 cm³/mol. The molecule has 0 heterocycles. The Morgan fingerprint density at radius 2 is 1.89 bits per heavy atom. The van der Waals surface area contributed by atoms with Crippen molar-refractivity contribution in [1.82, 2.24) is 0 Å². The van der Waals surface area contributed by atoms with Crippen molar-refractivity contribution >= 4 is 5.69 Å². The van der Waals surface area contributed by atoms with E-state index in [2.05, 4.69) is 49.1 Å². The van der Waals surface area contributed by atoms with Gasteiger partial charge in [0.15, 0.2) is 0 Å². The molecule has 0 amide bonds. The molecule has 1 aromatic carbocycles. The van der Waals surface area contributed by atoms with Crippen LogP contribution in [0.4, 0.5) is 5.69 Å². The first-order valence-electron chi connectivity index (χ1n) is 7.72. The molecule has 0 bridgehead atoms. The van der Waals surface area contributed by atoms with Crippen LogP contribution in [0.2, 0.25) is 0 Å². The summed E-state index contributed by atoms with van der Waals surface area (Å²) in [5.74, 6) is 1.24. The Morgan fingerprint density at radius 3 is 2.53 bits per heavy atom. The summed E-state index contributed by atoms with van der Waals surface area (Å²) in [6.07, 6.45) is 4.50. The molecule has 0 spiro atoms. The van der Waals surface area contributed by atoms with Gasteiger partial charge in [0, 0.05) is 24.7 Å². The summed E-state index contributed by atoms with van der Waals surface area (Å²) in [5.41, 5.74) is 1.27. The van der Waals surface area contributed by atoms with Gasteiger partial charge in [-0.25, -0.2) is 0 Å². The predicted octanol–water partition coefficient (Wildman–Crippen LogP) is 3.70. The molecule has 1 fully saturated rings. The second kappa shape index (κ2) is 6.95. The van der Waals surface area contributed by atoms with E-state index >= 15 is 0 Å². The van der Waals surface area contributed by atoms with Crippen molar-refractivity contribution in [2.24, 2.45) is 11.8 Å². The van der Waals surface area contributed by atoms with Gasteiger partial charge in [-0.05, 0) is 44.2 Å². The van der Waals surface area contributed by atoms with Crippen molar-refractivity contribution in [3.63, 3.8) is 0 Å². The first-order valence-corrected chi connectivity index (χ1v) is 7.72. The van der Waals surface area contributed by atoms with Crippen molar-refractivity contribution in [3.05, 3.63) is 30.3 Å². The quantitative estimate of drug-likeness (QED) is 0.873. The Labute approximate surface area is 117 Å². The maximum atomic E-state index is 10.2. The minimum atomic E-state index is -0.111. The molecule has 3 unspecified atom stereocenters. The summed E-state index contributed by atoms with van der Waals surface area (Å²) in [4.78, 5) is 2.39. The third kappa shape index (κ3) is 3.73. The molecule has 1 aromatic rings. The van der Waals surface area contributed by atoms with Gasteiger partial charge in [-0.1, -0.05) is 31.5 Å². The fraction of sp³-hybridized carbons (Fsp3) is 0.647. The molecule has 3 atom stereocenters. The molecule has 19 heavy (non-hydrogen) atoms. The lowest BCUT2D eigenvalue weighted by Gasteiger charge is -2.37. The molecule has 0 aliphatic heterocycles. The Kier molecular flexibility index (Phi) is 5.26. The minimum absolute atomic E-state index is 0.111. The molecule has 2 nitrogen and oxygen atoms in total. The fourth-order valence-corrected chi connectivity index (χ4v) is 3.25. The van der Waals surface area contributed by atoms with E-state index in [0.29, 0.717) is 5.92 Å². The van der Waals surface area contributed by atoms with E-state index in [4.69, 9.17) is 0 Å². The van der Waals surface area contributed by atoms with Crippen molar-refractivity contribution in [2.75, 3.05) is 18.0 Å². The van der Waals surface area contributed by atoms with E-state index in [1.807, 2.05) is 0 Å². The van der Waals surface area contributed by atoms with Crippen molar-refractivity contribution in [3.8, 4) is 0 Å². The zero-order valence-electron chi connectivity index (χ0n) is 12.3. The van der Waals surface area contributed by atoms with E-state index < -0.39 is 0 Å². The highest BCUT2D eigenvalue weighted by Gasteiger charge is 2.29. The lowest BCUT2D eigenvalue weighted by atomic mass is 9.78. The molecular weight excluding hydrogens is 234 g/mol. The summed E-state index contributed by atoms with van der Waals surface area (Å²) in [7, 11) is 0. The van der Waals surface area contributed by atoms with Crippen LogP contribution in [0.15, 0.2) is 30.3 Å². The zero-order chi connectivity index (χ0) is 13.7. The van der Waals surface area contributed by atoms with Crippen LogP contribution in [0, 0.1) is 11.8 Å². The normalized spacial score (nSPS) is 27.2. The number of nitrogens with zero attached hydrogens (tertiary/aromatic N) is 1. The molecular formula is C17H27NO.